The van der Waals surface area contributed by atoms with Crippen LogP contribution in [0.3, 0.4) is 0 Å². The molecule has 0 aliphatic rings. The number of nitrogens with zero attached hydrogens (tertiary/aromatic N) is 2. The zero-order chi connectivity index (χ0) is 18.4. The van der Waals surface area contributed by atoms with Crippen LogP contribution in [0.1, 0.15) is 34.0 Å². The highest BCUT2D eigenvalue weighted by molar-refractivity contribution is 5.92. The maximum absolute atomic E-state index is 13.2. The molecular weight excluding hydrogens is 319 g/mol. The normalized spacial score (nSPS) is 10.9. The molecule has 25 heavy (non-hydrogen) atoms. The first-order valence-electron chi connectivity index (χ1n) is 8.18. The fourth-order valence-electron chi connectivity index (χ4n) is 2.26. The summed E-state index contributed by atoms with van der Waals surface area (Å²) in [5, 5.41) is 0. The van der Waals surface area contributed by atoms with Crippen molar-refractivity contribution in [2.24, 2.45) is 4.99 Å². The molecule has 0 spiro atoms. The van der Waals surface area contributed by atoms with E-state index >= 15 is 0 Å². The van der Waals surface area contributed by atoms with Gasteiger partial charge < -0.3 is 9.64 Å². The Labute approximate surface area is 148 Å². The van der Waals surface area contributed by atoms with Crippen molar-refractivity contribution in [1.82, 2.24) is 4.90 Å². The molecule has 0 atom stereocenters. The molecule has 0 aromatic heterocycles. The second-order valence-corrected chi connectivity index (χ2v) is 5.91. The Morgan fingerprint density at radius 3 is 2.68 bits per heavy atom. The molecule has 0 N–H and O–H groups in total. The van der Waals surface area contributed by atoms with Crippen molar-refractivity contribution in [2.45, 2.75) is 27.4 Å². The lowest BCUT2D eigenvalue weighted by atomic mass is 10.0. The van der Waals surface area contributed by atoms with Crippen molar-refractivity contribution in [3.05, 3.63) is 64.5 Å². The highest BCUT2D eigenvalue weighted by Gasteiger charge is 2.14. The van der Waals surface area contributed by atoms with Crippen molar-refractivity contribution in [2.75, 3.05) is 13.6 Å². The van der Waals surface area contributed by atoms with E-state index in [1.54, 1.807) is 30.6 Å². The van der Waals surface area contributed by atoms with E-state index in [1.165, 1.54) is 12.1 Å². The zero-order valence-corrected chi connectivity index (χ0v) is 15.0. The molecule has 0 amide bonds. The van der Waals surface area contributed by atoms with E-state index in [4.69, 9.17) is 4.74 Å². The predicted molar refractivity (Wildman–Crippen MR) is 97.9 cm³/mol. The first-order valence-corrected chi connectivity index (χ1v) is 8.18. The standard InChI is InChI=1S/C20H23FN2O2/c1-5-23(4)13-22-19-10-9-18(14(2)15(19)3)20(24)25-12-16-7-6-8-17(21)11-16/h6-11,13H,5,12H2,1-4H3. The molecule has 0 fully saturated rings. The van der Waals surface area contributed by atoms with E-state index in [2.05, 4.69) is 4.99 Å². The molecule has 0 heterocycles. The summed E-state index contributed by atoms with van der Waals surface area (Å²) >= 11 is 0. The van der Waals surface area contributed by atoms with Crippen LogP contribution in [0.15, 0.2) is 41.4 Å². The lowest BCUT2D eigenvalue weighted by Crippen LogP contribution is -2.14. The number of rotatable bonds is 6. The van der Waals surface area contributed by atoms with Crippen molar-refractivity contribution in [3.8, 4) is 0 Å². The molecule has 132 valence electrons. The van der Waals surface area contributed by atoms with Gasteiger partial charge in [0.25, 0.3) is 0 Å². The smallest absolute Gasteiger partial charge is 0.338 e. The van der Waals surface area contributed by atoms with Crippen LogP contribution in [-0.2, 0) is 11.3 Å². The highest BCUT2D eigenvalue weighted by Crippen LogP contribution is 2.25. The Balaban J connectivity index is 2.12. The van der Waals surface area contributed by atoms with Gasteiger partial charge >= 0.3 is 5.97 Å². The van der Waals surface area contributed by atoms with Gasteiger partial charge in [0.2, 0.25) is 0 Å². The number of benzene rings is 2. The summed E-state index contributed by atoms with van der Waals surface area (Å²) in [4.78, 5) is 18.8. The van der Waals surface area contributed by atoms with Gasteiger partial charge in [-0.05, 0) is 61.7 Å². The van der Waals surface area contributed by atoms with E-state index in [0.717, 1.165) is 23.4 Å². The molecule has 5 heteroatoms. The number of aliphatic imine (C=N–C) groups is 1. The molecule has 0 saturated heterocycles. The van der Waals surface area contributed by atoms with Crippen LogP contribution in [-0.4, -0.2) is 30.8 Å². The Kier molecular flexibility index (Phi) is 6.28. The average Bonchev–Trinajstić information content (AvgIpc) is 2.60. The number of hydrogen-bond acceptors (Lipinski definition) is 3. The van der Waals surface area contributed by atoms with Crippen LogP contribution in [0.25, 0.3) is 0 Å². The quantitative estimate of drug-likeness (QED) is 0.443. The maximum atomic E-state index is 13.2. The number of halogens is 1. The minimum atomic E-state index is -0.425. The molecule has 2 aromatic rings. The van der Waals surface area contributed by atoms with Crippen molar-refractivity contribution < 1.29 is 13.9 Å². The monoisotopic (exact) mass is 342 g/mol. The molecule has 0 saturated carbocycles. The second kappa shape index (κ2) is 8.42. The minimum Gasteiger partial charge on any atom is -0.457 e. The summed E-state index contributed by atoms with van der Waals surface area (Å²) < 4.78 is 18.5. The summed E-state index contributed by atoms with van der Waals surface area (Å²) in [6.45, 7) is 6.75. The van der Waals surface area contributed by atoms with E-state index in [1.807, 2.05) is 32.7 Å². The van der Waals surface area contributed by atoms with Gasteiger partial charge in [-0.3, -0.25) is 0 Å². The van der Waals surface area contributed by atoms with Gasteiger partial charge in [0.1, 0.15) is 12.4 Å². The summed E-state index contributed by atoms with van der Waals surface area (Å²) in [5.74, 6) is -0.772. The van der Waals surface area contributed by atoms with Gasteiger partial charge in [-0.2, -0.15) is 0 Å². The van der Waals surface area contributed by atoms with E-state index in [9.17, 15) is 9.18 Å². The molecule has 0 unspecified atom stereocenters. The van der Waals surface area contributed by atoms with Gasteiger partial charge in [-0.1, -0.05) is 12.1 Å². The summed E-state index contributed by atoms with van der Waals surface area (Å²) in [6, 6.07) is 9.54. The lowest BCUT2D eigenvalue weighted by molar-refractivity contribution is 0.0471. The van der Waals surface area contributed by atoms with Gasteiger partial charge in [-0.15, -0.1) is 0 Å². The minimum absolute atomic E-state index is 0.0380. The molecule has 2 rings (SSSR count). The van der Waals surface area contributed by atoms with Crippen molar-refractivity contribution in [3.63, 3.8) is 0 Å². The van der Waals surface area contributed by atoms with Gasteiger partial charge in [0, 0.05) is 13.6 Å². The van der Waals surface area contributed by atoms with Crippen molar-refractivity contribution in [1.29, 1.82) is 0 Å². The Morgan fingerprint density at radius 2 is 2.00 bits per heavy atom. The Hall–Kier alpha value is -2.69. The largest absolute Gasteiger partial charge is 0.457 e. The van der Waals surface area contributed by atoms with Gasteiger partial charge in [0.05, 0.1) is 17.6 Å². The number of carbonyl (C=O) groups is 1. The highest BCUT2D eigenvalue weighted by atomic mass is 19.1. The molecule has 0 aliphatic heterocycles. The summed E-state index contributed by atoms with van der Waals surface area (Å²) in [5.41, 5.74) is 3.70. The van der Waals surface area contributed by atoms with E-state index in [0.29, 0.717) is 11.1 Å². The average molecular weight is 342 g/mol. The van der Waals surface area contributed by atoms with Crippen LogP contribution < -0.4 is 0 Å². The topological polar surface area (TPSA) is 41.9 Å². The molecule has 4 nitrogen and oxygen atoms in total. The van der Waals surface area contributed by atoms with Gasteiger partial charge in [0.15, 0.2) is 0 Å². The van der Waals surface area contributed by atoms with Gasteiger partial charge in [-0.25, -0.2) is 14.2 Å². The first-order chi connectivity index (χ1) is 11.9. The SMILES string of the molecule is CCN(C)C=Nc1ccc(C(=O)OCc2cccc(F)c2)c(C)c1C. The third-order valence-corrected chi connectivity index (χ3v) is 4.13. The maximum Gasteiger partial charge on any atom is 0.338 e. The van der Waals surface area contributed by atoms with Crippen LogP contribution >= 0.6 is 0 Å². The Morgan fingerprint density at radius 1 is 1.24 bits per heavy atom. The van der Waals surface area contributed by atoms with Crippen LogP contribution in [0.5, 0.6) is 0 Å². The number of carbonyl (C=O) groups excluding carboxylic acids is 1. The van der Waals surface area contributed by atoms with E-state index in [-0.39, 0.29) is 12.4 Å². The fraction of sp³-hybridized carbons (Fsp3) is 0.300. The number of hydrogen-bond donors (Lipinski definition) is 0. The second-order valence-electron chi connectivity index (χ2n) is 5.91. The first kappa shape index (κ1) is 18.6. The predicted octanol–water partition coefficient (Wildman–Crippen LogP) is 4.41. The molecular formula is C20H23FN2O2. The van der Waals surface area contributed by atoms with E-state index < -0.39 is 5.97 Å². The fourth-order valence-corrected chi connectivity index (χ4v) is 2.26. The van der Waals surface area contributed by atoms with Crippen LogP contribution in [0, 0.1) is 19.7 Å². The summed E-state index contributed by atoms with van der Waals surface area (Å²) in [6.07, 6.45) is 1.77. The molecule has 0 bridgehead atoms. The van der Waals surface area contributed by atoms with Crippen LogP contribution in [0.2, 0.25) is 0 Å². The third kappa shape index (κ3) is 4.89. The zero-order valence-electron chi connectivity index (χ0n) is 15.0. The number of esters is 1. The van der Waals surface area contributed by atoms with Crippen molar-refractivity contribution >= 4 is 18.0 Å². The lowest BCUT2D eigenvalue weighted by Gasteiger charge is -2.12. The Bertz CT molecular complexity index is 787. The third-order valence-electron chi connectivity index (χ3n) is 4.13. The molecule has 0 radical (unpaired) electrons. The molecule has 2 aromatic carbocycles. The van der Waals surface area contributed by atoms with Crippen LogP contribution in [0.4, 0.5) is 10.1 Å². The summed E-state index contributed by atoms with van der Waals surface area (Å²) in [7, 11) is 1.95. The number of ether oxygens (including phenoxy) is 1. The molecule has 0 aliphatic carbocycles.